The fourth-order valence-electron chi connectivity index (χ4n) is 2.25. The van der Waals surface area contributed by atoms with Crippen molar-refractivity contribution in [2.45, 2.75) is 6.92 Å². The molecule has 25 heavy (non-hydrogen) atoms. The van der Waals surface area contributed by atoms with Gasteiger partial charge in [0.05, 0.1) is 24.7 Å². The number of rotatable bonds is 6. The predicted octanol–water partition coefficient (Wildman–Crippen LogP) is 3.01. The Morgan fingerprint density at radius 2 is 1.84 bits per heavy atom. The molecule has 0 heterocycles. The van der Waals surface area contributed by atoms with Crippen LogP contribution < -0.4 is 14.4 Å². The second-order valence-corrected chi connectivity index (χ2v) is 8.65. The minimum atomic E-state index is -3.60. The molecule has 0 unspecified atom stereocenters. The molecule has 8 heteroatoms. The number of nitrogens with one attached hydrogen (secondary N) is 1. The number of sulfonamides is 1. The fourth-order valence-corrected chi connectivity index (χ4v) is 3.46. The first kappa shape index (κ1) is 19.5. The Balaban J connectivity index is 2.23. The Kier molecular flexibility index (Phi) is 6.28. The van der Waals surface area contributed by atoms with Crippen LogP contribution in [-0.2, 0) is 14.8 Å². The highest BCUT2D eigenvalue weighted by Gasteiger charge is 2.21. The summed E-state index contributed by atoms with van der Waals surface area (Å²) in [4.78, 5) is 12.4. The number of halogens is 1. The van der Waals surface area contributed by atoms with E-state index in [4.69, 9.17) is 4.74 Å². The highest BCUT2D eigenvalue weighted by atomic mass is 127. The van der Waals surface area contributed by atoms with Gasteiger partial charge in [0, 0.05) is 3.57 Å². The van der Waals surface area contributed by atoms with E-state index >= 15 is 0 Å². The normalized spacial score (nSPS) is 11.0. The largest absolute Gasteiger partial charge is 0.495 e. The number of amides is 1. The molecule has 0 spiro atoms. The smallest absolute Gasteiger partial charge is 0.245 e. The molecule has 0 bridgehead atoms. The number of benzene rings is 2. The Labute approximate surface area is 161 Å². The molecule has 0 aliphatic rings. The number of carbonyl (C=O) groups is 1. The van der Waals surface area contributed by atoms with Gasteiger partial charge in [-0.1, -0.05) is 6.07 Å². The highest BCUT2D eigenvalue weighted by Crippen LogP contribution is 2.25. The summed E-state index contributed by atoms with van der Waals surface area (Å²) in [5, 5.41) is 2.71. The molecule has 0 atom stereocenters. The Bertz CT molecular complexity index is 867. The minimum absolute atomic E-state index is 0.323. The first-order valence-corrected chi connectivity index (χ1v) is 10.3. The van der Waals surface area contributed by atoms with Crippen molar-refractivity contribution in [3.63, 3.8) is 0 Å². The summed E-state index contributed by atoms with van der Waals surface area (Å²) in [5.74, 6) is 0.0620. The van der Waals surface area contributed by atoms with Crippen molar-refractivity contribution in [3.8, 4) is 5.75 Å². The molecule has 0 aromatic heterocycles. The number of methoxy groups -OCH3 is 1. The van der Waals surface area contributed by atoms with Crippen LogP contribution in [0.5, 0.6) is 5.75 Å². The van der Waals surface area contributed by atoms with Gasteiger partial charge in [0.1, 0.15) is 12.3 Å². The van der Waals surface area contributed by atoms with Gasteiger partial charge in [-0.05, 0) is 71.5 Å². The average molecular weight is 474 g/mol. The maximum atomic E-state index is 12.4. The van der Waals surface area contributed by atoms with E-state index in [-0.39, 0.29) is 6.54 Å². The molecule has 6 nitrogen and oxygen atoms in total. The number of anilines is 2. The topological polar surface area (TPSA) is 75.7 Å². The van der Waals surface area contributed by atoms with Crippen molar-refractivity contribution in [2.75, 3.05) is 29.5 Å². The lowest BCUT2D eigenvalue weighted by atomic mass is 10.2. The van der Waals surface area contributed by atoms with Crippen LogP contribution in [0.15, 0.2) is 42.5 Å². The lowest BCUT2D eigenvalue weighted by Gasteiger charge is -2.22. The summed E-state index contributed by atoms with van der Waals surface area (Å²) in [6.45, 7) is 1.57. The first-order valence-electron chi connectivity index (χ1n) is 7.38. The standard InChI is InChI=1S/C17H19IN2O4S/c1-12-4-9-16(24-2)15(10-12)19-17(21)11-20(25(3,22)23)14-7-5-13(18)6-8-14/h4-10H,11H2,1-3H3,(H,19,21). The maximum Gasteiger partial charge on any atom is 0.245 e. The Morgan fingerprint density at radius 1 is 1.20 bits per heavy atom. The summed E-state index contributed by atoms with van der Waals surface area (Å²) in [5.41, 5.74) is 1.89. The maximum absolute atomic E-state index is 12.4. The van der Waals surface area contributed by atoms with Crippen molar-refractivity contribution in [1.29, 1.82) is 0 Å². The van der Waals surface area contributed by atoms with Crippen molar-refractivity contribution in [1.82, 2.24) is 0 Å². The molecule has 0 saturated carbocycles. The molecule has 0 radical (unpaired) electrons. The highest BCUT2D eigenvalue weighted by molar-refractivity contribution is 14.1. The first-order chi connectivity index (χ1) is 11.7. The van der Waals surface area contributed by atoms with Gasteiger partial charge in [0.15, 0.2) is 0 Å². The van der Waals surface area contributed by atoms with Crippen LogP contribution in [0.4, 0.5) is 11.4 Å². The second kappa shape index (κ2) is 8.05. The summed E-state index contributed by atoms with van der Waals surface area (Å²) in [6.07, 6.45) is 1.07. The van der Waals surface area contributed by atoms with E-state index in [0.717, 1.165) is 19.7 Å². The molecule has 2 aromatic carbocycles. The second-order valence-electron chi connectivity index (χ2n) is 5.50. The number of hydrogen-bond donors (Lipinski definition) is 1. The molecule has 1 N–H and O–H groups in total. The van der Waals surface area contributed by atoms with Crippen molar-refractivity contribution in [2.24, 2.45) is 0 Å². The number of hydrogen-bond acceptors (Lipinski definition) is 4. The number of nitrogens with zero attached hydrogens (tertiary/aromatic N) is 1. The van der Waals surface area contributed by atoms with Crippen LogP contribution >= 0.6 is 22.6 Å². The molecule has 1 amide bonds. The van der Waals surface area contributed by atoms with Crippen molar-refractivity contribution in [3.05, 3.63) is 51.6 Å². The van der Waals surface area contributed by atoms with E-state index in [0.29, 0.717) is 17.1 Å². The van der Waals surface area contributed by atoms with Crippen LogP contribution in [0.3, 0.4) is 0 Å². The molecule has 2 aromatic rings. The van der Waals surface area contributed by atoms with Gasteiger partial charge in [-0.15, -0.1) is 0 Å². The molecule has 0 aliphatic heterocycles. The van der Waals surface area contributed by atoms with Gasteiger partial charge in [0.2, 0.25) is 15.9 Å². The van der Waals surface area contributed by atoms with Crippen molar-refractivity contribution < 1.29 is 17.9 Å². The third-order valence-corrected chi connectivity index (χ3v) is 5.29. The Morgan fingerprint density at radius 3 is 2.40 bits per heavy atom. The van der Waals surface area contributed by atoms with Gasteiger partial charge in [-0.3, -0.25) is 9.10 Å². The summed E-state index contributed by atoms with van der Waals surface area (Å²) < 4.78 is 31.5. The molecular weight excluding hydrogens is 455 g/mol. The van der Waals surface area contributed by atoms with Crippen LogP contribution in [0.25, 0.3) is 0 Å². The summed E-state index contributed by atoms with van der Waals surface area (Å²) in [6, 6.07) is 12.3. The van der Waals surface area contributed by atoms with E-state index in [1.807, 2.05) is 13.0 Å². The molecule has 2 rings (SSSR count). The zero-order valence-electron chi connectivity index (χ0n) is 14.1. The average Bonchev–Trinajstić information content (AvgIpc) is 2.53. The quantitative estimate of drug-likeness (QED) is 0.654. The lowest BCUT2D eigenvalue weighted by Crippen LogP contribution is -2.37. The van der Waals surface area contributed by atoms with Gasteiger partial charge in [-0.2, -0.15) is 0 Å². The van der Waals surface area contributed by atoms with Gasteiger partial charge in [-0.25, -0.2) is 8.42 Å². The van der Waals surface area contributed by atoms with E-state index in [1.54, 1.807) is 36.4 Å². The van der Waals surface area contributed by atoms with Gasteiger partial charge in [0.25, 0.3) is 0 Å². The van der Waals surface area contributed by atoms with Crippen molar-refractivity contribution >= 4 is 49.9 Å². The third-order valence-electron chi connectivity index (χ3n) is 3.43. The molecular formula is C17H19IN2O4S. The molecule has 0 saturated heterocycles. The van der Waals surface area contributed by atoms with Gasteiger partial charge < -0.3 is 10.1 Å². The van der Waals surface area contributed by atoms with E-state index in [2.05, 4.69) is 27.9 Å². The zero-order valence-corrected chi connectivity index (χ0v) is 17.1. The molecule has 134 valence electrons. The van der Waals surface area contributed by atoms with Gasteiger partial charge >= 0.3 is 0 Å². The zero-order chi connectivity index (χ0) is 18.6. The fraction of sp³-hybridized carbons (Fsp3) is 0.235. The minimum Gasteiger partial charge on any atom is -0.495 e. The Hall–Kier alpha value is -1.81. The lowest BCUT2D eigenvalue weighted by molar-refractivity contribution is -0.114. The SMILES string of the molecule is COc1ccc(C)cc1NC(=O)CN(c1ccc(I)cc1)S(C)(=O)=O. The van der Waals surface area contributed by atoms with Crippen LogP contribution in [0, 0.1) is 10.5 Å². The number of carbonyl (C=O) groups excluding carboxylic acids is 1. The summed E-state index contributed by atoms with van der Waals surface area (Å²) >= 11 is 2.13. The number of ether oxygens (including phenoxy) is 1. The predicted molar refractivity (Wildman–Crippen MR) is 108 cm³/mol. The van der Waals surface area contributed by atoms with E-state index in [9.17, 15) is 13.2 Å². The van der Waals surface area contributed by atoms with E-state index < -0.39 is 15.9 Å². The van der Waals surface area contributed by atoms with Crippen LogP contribution in [0.1, 0.15) is 5.56 Å². The molecule has 0 aliphatic carbocycles. The molecule has 0 fully saturated rings. The number of aryl methyl sites for hydroxylation is 1. The van der Waals surface area contributed by atoms with Crippen LogP contribution in [-0.4, -0.2) is 34.2 Å². The van der Waals surface area contributed by atoms with E-state index in [1.165, 1.54) is 7.11 Å². The third kappa shape index (κ3) is 5.33. The summed E-state index contributed by atoms with van der Waals surface area (Å²) in [7, 11) is -2.09. The monoisotopic (exact) mass is 474 g/mol. The van der Waals surface area contributed by atoms with Crippen LogP contribution in [0.2, 0.25) is 0 Å².